The summed E-state index contributed by atoms with van der Waals surface area (Å²) in [5, 5.41) is 6.17. The first kappa shape index (κ1) is 25.5. The summed E-state index contributed by atoms with van der Waals surface area (Å²) in [6.45, 7) is 0.988. The van der Waals surface area contributed by atoms with E-state index in [9.17, 15) is 26.4 Å². The molecule has 34 heavy (non-hydrogen) atoms. The lowest BCUT2D eigenvalue weighted by atomic mass is 10.2. The fourth-order valence-electron chi connectivity index (χ4n) is 2.83. The van der Waals surface area contributed by atoms with Gasteiger partial charge in [-0.2, -0.15) is 23.0 Å². The maximum atomic E-state index is 13.2. The molecule has 0 saturated heterocycles. The Balaban J connectivity index is 1.83. The van der Waals surface area contributed by atoms with Crippen molar-refractivity contribution in [2.45, 2.75) is 18.0 Å². The van der Waals surface area contributed by atoms with Gasteiger partial charge >= 0.3 is 6.18 Å². The molecular weight excluding hydrogens is 497 g/mol. The number of sulfonamides is 1. The fraction of sp³-hybridized carbons (Fsp3) is 0.238. The number of rotatable bonds is 7. The molecule has 0 fully saturated rings. The van der Waals surface area contributed by atoms with Gasteiger partial charge in [-0.15, -0.1) is 0 Å². The van der Waals surface area contributed by atoms with Crippen LogP contribution in [0.15, 0.2) is 53.4 Å². The van der Waals surface area contributed by atoms with E-state index in [1.807, 2.05) is 0 Å². The van der Waals surface area contributed by atoms with E-state index in [0.29, 0.717) is 11.6 Å². The molecule has 0 bridgehead atoms. The first-order valence-electron chi connectivity index (χ1n) is 9.68. The summed E-state index contributed by atoms with van der Waals surface area (Å²) >= 11 is 6.09. The number of benzene rings is 2. The van der Waals surface area contributed by atoms with Crippen molar-refractivity contribution in [2.24, 2.45) is 0 Å². The number of aromatic nitrogens is 2. The molecule has 0 radical (unpaired) electrons. The Morgan fingerprint density at radius 3 is 2.47 bits per heavy atom. The third-order valence-electron chi connectivity index (χ3n) is 4.66. The second-order valence-corrected chi connectivity index (χ2v) is 9.89. The average Bonchev–Trinajstić information content (AvgIpc) is 3.18. The largest absolute Gasteiger partial charge is 0.467 e. The first-order chi connectivity index (χ1) is 15.8. The van der Waals surface area contributed by atoms with Crippen LogP contribution in [0.2, 0.25) is 5.02 Å². The molecule has 8 nitrogen and oxygen atoms in total. The summed E-state index contributed by atoms with van der Waals surface area (Å²) in [4.78, 5) is 12.4. The van der Waals surface area contributed by atoms with Crippen LogP contribution in [0.5, 0.6) is 5.88 Å². The number of carbonyl (C=O) groups excluding carboxylic acids is 1. The van der Waals surface area contributed by atoms with Crippen molar-refractivity contribution in [1.29, 1.82) is 0 Å². The molecule has 0 spiro atoms. The van der Waals surface area contributed by atoms with Crippen molar-refractivity contribution in [2.75, 3.05) is 26.0 Å². The molecule has 0 aliphatic heterocycles. The molecule has 3 aromatic rings. The number of nitrogens with zero attached hydrogens (tertiary/aromatic N) is 3. The van der Waals surface area contributed by atoms with Crippen LogP contribution in [0.25, 0.3) is 5.69 Å². The van der Waals surface area contributed by atoms with Crippen LogP contribution in [0, 0.1) is 6.92 Å². The van der Waals surface area contributed by atoms with E-state index in [-0.39, 0.29) is 27.2 Å². The number of hydrogen-bond donors (Lipinski definition) is 1. The molecule has 13 heteroatoms. The van der Waals surface area contributed by atoms with E-state index in [1.54, 1.807) is 19.1 Å². The van der Waals surface area contributed by atoms with Crippen LogP contribution in [-0.4, -0.2) is 49.1 Å². The number of nitrogens with one attached hydrogen (secondary N) is 1. The second kappa shape index (κ2) is 9.65. The second-order valence-electron chi connectivity index (χ2n) is 7.33. The lowest BCUT2D eigenvalue weighted by Crippen LogP contribution is -2.24. The Labute approximate surface area is 198 Å². The molecule has 1 amide bonds. The number of anilines is 1. The summed E-state index contributed by atoms with van der Waals surface area (Å²) < 4.78 is 71.6. The smallest absolute Gasteiger partial charge is 0.435 e. The minimum Gasteiger partial charge on any atom is -0.467 e. The Hall–Kier alpha value is -3.09. The van der Waals surface area contributed by atoms with E-state index in [0.717, 1.165) is 8.99 Å². The SMILES string of the molecule is Cc1ccc(S(=O)(=O)N(C)C)cc1NC(=O)COc1cc(C(F)(F)F)nn1-c1ccccc1Cl. The highest BCUT2D eigenvalue weighted by Gasteiger charge is 2.36. The fourth-order valence-corrected chi connectivity index (χ4v) is 3.98. The third-order valence-corrected chi connectivity index (χ3v) is 6.79. The highest BCUT2D eigenvalue weighted by Crippen LogP contribution is 2.33. The summed E-state index contributed by atoms with van der Waals surface area (Å²) in [6.07, 6.45) is -4.75. The number of amides is 1. The number of para-hydroxylation sites is 1. The predicted molar refractivity (Wildman–Crippen MR) is 120 cm³/mol. The van der Waals surface area contributed by atoms with Gasteiger partial charge in [-0.25, -0.2) is 12.7 Å². The van der Waals surface area contributed by atoms with Gasteiger partial charge in [0.15, 0.2) is 12.3 Å². The predicted octanol–water partition coefficient (Wildman–Crippen LogP) is 4.12. The maximum Gasteiger partial charge on any atom is 0.435 e. The van der Waals surface area contributed by atoms with E-state index in [2.05, 4.69) is 10.4 Å². The zero-order chi connectivity index (χ0) is 25.3. The zero-order valence-corrected chi connectivity index (χ0v) is 19.8. The summed E-state index contributed by atoms with van der Waals surface area (Å²) in [5.74, 6) is -1.07. The van der Waals surface area contributed by atoms with Crippen molar-refractivity contribution in [3.63, 3.8) is 0 Å². The van der Waals surface area contributed by atoms with Crippen LogP contribution in [0.3, 0.4) is 0 Å². The van der Waals surface area contributed by atoms with E-state index in [1.165, 1.54) is 44.4 Å². The van der Waals surface area contributed by atoms with Gasteiger partial charge in [0.05, 0.1) is 15.6 Å². The molecule has 3 rings (SSSR count). The van der Waals surface area contributed by atoms with Gasteiger partial charge in [0.2, 0.25) is 15.9 Å². The molecular formula is C21H20ClF3N4O4S. The quantitative estimate of drug-likeness (QED) is 0.510. The van der Waals surface area contributed by atoms with Gasteiger partial charge in [0, 0.05) is 25.8 Å². The molecule has 1 heterocycles. The highest BCUT2D eigenvalue weighted by molar-refractivity contribution is 7.89. The molecule has 0 saturated carbocycles. The number of ether oxygens (including phenoxy) is 1. The van der Waals surface area contributed by atoms with Crippen LogP contribution >= 0.6 is 11.6 Å². The Morgan fingerprint density at radius 2 is 1.85 bits per heavy atom. The van der Waals surface area contributed by atoms with Crippen molar-refractivity contribution in [1.82, 2.24) is 14.1 Å². The molecule has 0 atom stereocenters. The minimum atomic E-state index is -4.75. The molecule has 0 unspecified atom stereocenters. The molecule has 2 aromatic carbocycles. The Morgan fingerprint density at radius 1 is 1.18 bits per heavy atom. The van der Waals surface area contributed by atoms with E-state index < -0.39 is 34.4 Å². The average molecular weight is 517 g/mol. The number of halogens is 4. The topological polar surface area (TPSA) is 93.5 Å². The van der Waals surface area contributed by atoms with Crippen LogP contribution in [0.1, 0.15) is 11.3 Å². The van der Waals surface area contributed by atoms with Crippen LogP contribution < -0.4 is 10.1 Å². The van der Waals surface area contributed by atoms with Crippen LogP contribution in [-0.2, 0) is 21.0 Å². The zero-order valence-electron chi connectivity index (χ0n) is 18.2. The van der Waals surface area contributed by atoms with Gasteiger partial charge < -0.3 is 10.1 Å². The number of hydrogen-bond acceptors (Lipinski definition) is 5. The lowest BCUT2D eigenvalue weighted by molar-refractivity contribution is -0.141. The molecule has 0 aliphatic rings. The minimum absolute atomic E-state index is 0.0362. The molecule has 1 N–H and O–H groups in total. The summed E-state index contributed by atoms with van der Waals surface area (Å²) in [5.41, 5.74) is -0.300. The standard InChI is InChI=1S/C21H20ClF3N4O4S/c1-13-8-9-14(34(31,32)28(2)3)10-16(13)26-19(30)12-33-20-11-18(21(23,24)25)27-29(20)17-7-5-4-6-15(17)22/h4-11H,12H2,1-3H3,(H,26,30). The van der Waals surface area contributed by atoms with Gasteiger partial charge in [-0.1, -0.05) is 29.8 Å². The van der Waals surface area contributed by atoms with Crippen molar-refractivity contribution < 1.29 is 31.1 Å². The summed E-state index contributed by atoms with van der Waals surface area (Å²) in [7, 11) is -0.991. The third kappa shape index (κ3) is 5.51. The highest BCUT2D eigenvalue weighted by atomic mass is 35.5. The van der Waals surface area contributed by atoms with Gasteiger partial charge in [0.1, 0.15) is 0 Å². The number of alkyl halides is 3. The molecule has 0 aliphatic carbocycles. The maximum absolute atomic E-state index is 13.2. The summed E-state index contributed by atoms with van der Waals surface area (Å²) in [6, 6.07) is 10.9. The molecule has 182 valence electrons. The van der Waals surface area contributed by atoms with E-state index in [4.69, 9.17) is 16.3 Å². The van der Waals surface area contributed by atoms with Crippen LogP contribution in [0.4, 0.5) is 18.9 Å². The van der Waals surface area contributed by atoms with Crippen molar-refractivity contribution in [3.8, 4) is 11.6 Å². The normalized spacial score (nSPS) is 12.1. The number of aryl methyl sites for hydroxylation is 1. The Kier molecular flexibility index (Phi) is 7.24. The van der Waals surface area contributed by atoms with Gasteiger partial charge in [-0.05, 0) is 36.8 Å². The van der Waals surface area contributed by atoms with Crippen molar-refractivity contribution >= 4 is 33.2 Å². The number of carbonyl (C=O) groups is 1. The van der Waals surface area contributed by atoms with Crippen molar-refractivity contribution in [3.05, 3.63) is 64.8 Å². The molecule has 1 aromatic heterocycles. The van der Waals surface area contributed by atoms with E-state index >= 15 is 0 Å². The monoisotopic (exact) mass is 516 g/mol. The Bertz CT molecular complexity index is 1320. The van der Waals surface area contributed by atoms with Gasteiger partial charge in [0.25, 0.3) is 5.91 Å². The van der Waals surface area contributed by atoms with Gasteiger partial charge in [-0.3, -0.25) is 4.79 Å². The first-order valence-corrected chi connectivity index (χ1v) is 11.5. The lowest BCUT2D eigenvalue weighted by Gasteiger charge is -2.15.